The van der Waals surface area contributed by atoms with E-state index in [2.05, 4.69) is 24.8 Å². The molecule has 6 heteroatoms. The standard InChI is InChI=1S/C31H38FNO4/c1-4-31(36-3)28-30-13-14-33(17-18-5-6-18)23(15-20-9-12-24(34)26(37-28)25(20)30)22(30)16-29(31,2)27(35)19-7-10-21(32)11-8-19/h7-12,18,22-23,27-28,34-35H,4-6,13-17H2,1-3H3/t22?,23-,27-,28-,29-,30+,31+/m1/s1. The number of hydrogen-bond acceptors (Lipinski definition) is 5. The number of hydrogen-bond donors (Lipinski definition) is 2. The molecule has 7 atom stereocenters. The minimum Gasteiger partial charge on any atom is -0.504 e. The van der Waals surface area contributed by atoms with Gasteiger partial charge < -0.3 is 19.7 Å². The first-order valence-electron chi connectivity index (χ1n) is 14.0. The third kappa shape index (κ3) is 2.95. The summed E-state index contributed by atoms with van der Waals surface area (Å²) in [4.78, 5) is 2.72. The fourth-order valence-corrected chi connectivity index (χ4v) is 9.22. The highest BCUT2D eigenvalue weighted by Gasteiger charge is 2.75. The SMILES string of the molecule is CC[C@]1(OC)[C@@H]2Oc3c(O)ccc4c3[C@@]23CCN(CC2CC2)[C@H](C4)C3C[C@]1(C)[C@H](O)c1ccc(F)cc1. The molecule has 0 radical (unpaired) electrons. The van der Waals surface area contributed by atoms with Crippen molar-refractivity contribution in [3.8, 4) is 11.5 Å². The highest BCUT2D eigenvalue weighted by Crippen LogP contribution is 2.71. The predicted molar refractivity (Wildman–Crippen MR) is 138 cm³/mol. The number of aliphatic hydroxyl groups is 1. The van der Waals surface area contributed by atoms with Gasteiger partial charge in [0.15, 0.2) is 11.5 Å². The van der Waals surface area contributed by atoms with E-state index in [1.807, 2.05) is 0 Å². The normalized spacial score (nSPS) is 38.7. The third-order valence-corrected chi connectivity index (χ3v) is 11.1. The van der Waals surface area contributed by atoms with Gasteiger partial charge in [0.2, 0.25) is 0 Å². The maximum Gasteiger partial charge on any atom is 0.165 e. The molecule has 198 valence electrons. The molecule has 1 unspecified atom stereocenters. The number of aliphatic hydroxyl groups excluding tert-OH is 1. The second-order valence-electron chi connectivity index (χ2n) is 12.6. The summed E-state index contributed by atoms with van der Waals surface area (Å²) in [7, 11) is 1.74. The first-order valence-corrected chi connectivity index (χ1v) is 14.0. The van der Waals surface area contributed by atoms with Crippen LogP contribution in [0.4, 0.5) is 4.39 Å². The lowest BCUT2D eigenvalue weighted by molar-refractivity contribution is -0.264. The van der Waals surface area contributed by atoms with Crippen LogP contribution in [0.5, 0.6) is 11.5 Å². The van der Waals surface area contributed by atoms with Crippen molar-refractivity contribution < 1.29 is 24.1 Å². The molecule has 37 heavy (non-hydrogen) atoms. The minimum atomic E-state index is -0.856. The van der Waals surface area contributed by atoms with Gasteiger partial charge in [-0.3, -0.25) is 4.90 Å². The summed E-state index contributed by atoms with van der Waals surface area (Å²) in [6, 6.07) is 10.5. The number of piperidine rings is 1. The molecule has 3 fully saturated rings. The minimum absolute atomic E-state index is 0.196. The molecule has 2 heterocycles. The van der Waals surface area contributed by atoms with Gasteiger partial charge in [0.05, 0.1) is 6.10 Å². The monoisotopic (exact) mass is 507 g/mol. The Bertz CT molecular complexity index is 1220. The number of rotatable bonds is 6. The van der Waals surface area contributed by atoms with E-state index in [0.717, 1.165) is 38.3 Å². The van der Waals surface area contributed by atoms with Crippen LogP contribution in [-0.2, 0) is 16.6 Å². The van der Waals surface area contributed by atoms with E-state index < -0.39 is 17.1 Å². The number of halogens is 1. The van der Waals surface area contributed by atoms with Crippen LogP contribution in [0.15, 0.2) is 36.4 Å². The molecular formula is C31H38FNO4. The quantitative estimate of drug-likeness (QED) is 0.568. The average molecular weight is 508 g/mol. The third-order valence-electron chi connectivity index (χ3n) is 11.1. The molecule has 2 saturated carbocycles. The van der Waals surface area contributed by atoms with Gasteiger partial charge in [-0.05, 0) is 86.2 Å². The molecule has 1 spiro atoms. The smallest absolute Gasteiger partial charge is 0.165 e. The van der Waals surface area contributed by atoms with Gasteiger partial charge >= 0.3 is 0 Å². The van der Waals surface area contributed by atoms with Gasteiger partial charge in [-0.1, -0.05) is 32.0 Å². The number of likely N-dealkylation sites (tertiary alicyclic amines) is 1. The Balaban J connectivity index is 1.42. The van der Waals surface area contributed by atoms with Crippen molar-refractivity contribution in [3.05, 3.63) is 58.9 Å². The van der Waals surface area contributed by atoms with E-state index in [0.29, 0.717) is 23.8 Å². The highest BCUT2D eigenvalue weighted by atomic mass is 19.1. The van der Waals surface area contributed by atoms with Crippen molar-refractivity contribution in [1.82, 2.24) is 4.90 Å². The van der Waals surface area contributed by atoms with Crippen LogP contribution >= 0.6 is 0 Å². The first-order chi connectivity index (χ1) is 17.8. The van der Waals surface area contributed by atoms with Crippen LogP contribution in [0.25, 0.3) is 0 Å². The Hall–Kier alpha value is -2.15. The lowest BCUT2D eigenvalue weighted by Crippen LogP contribution is -2.76. The summed E-state index contributed by atoms with van der Waals surface area (Å²) >= 11 is 0. The molecule has 1 saturated heterocycles. The maximum atomic E-state index is 13.8. The lowest BCUT2D eigenvalue weighted by Gasteiger charge is -2.67. The Morgan fingerprint density at radius 2 is 1.95 bits per heavy atom. The van der Waals surface area contributed by atoms with E-state index in [1.54, 1.807) is 25.3 Å². The van der Waals surface area contributed by atoms with E-state index >= 15 is 0 Å². The van der Waals surface area contributed by atoms with Crippen molar-refractivity contribution in [1.29, 1.82) is 0 Å². The molecule has 2 bridgehead atoms. The van der Waals surface area contributed by atoms with Crippen molar-refractivity contribution in [3.63, 3.8) is 0 Å². The van der Waals surface area contributed by atoms with Crippen LogP contribution in [-0.4, -0.2) is 53.1 Å². The van der Waals surface area contributed by atoms with Crippen LogP contribution in [0.1, 0.15) is 68.7 Å². The molecule has 0 amide bonds. The Labute approximate surface area is 218 Å². The fraction of sp³-hybridized carbons (Fsp3) is 0.613. The molecule has 2 aromatic carbocycles. The van der Waals surface area contributed by atoms with Crippen molar-refractivity contribution in [2.45, 2.75) is 81.6 Å². The molecular weight excluding hydrogens is 469 g/mol. The van der Waals surface area contributed by atoms with E-state index in [9.17, 15) is 14.6 Å². The topological polar surface area (TPSA) is 62.2 Å². The number of phenolic OH excluding ortho intramolecular Hbond substituents is 1. The number of nitrogens with zero attached hydrogens (tertiary/aromatic N) is 1. The molecule has 0 aromatic heterocycles. The predicted octanol–water partition coefficient (Wildman–Crippen LogP) is 5.13. The molecule has 5 nitrogen and oxygen atoms in total. The largest absolute Gasteiger partial charge is 0.504 e. The zero-order valence-corrected chi connectivity index (χ0v) is 22.0. The first kappa shape index (κ1) is 23.9. The molecule has 2 N–H and O–H groups in total. The highest BCUT2D eigenvalue weighted by molar-refractivity contribution is 5.61. The number of phenols is 1. The van der Waals surface area contributed by atoms with Gasteiger partial charge in [-0.2, -0.15) is 0 Å². The summed E-state index contributed by atoms with van der Waals surface area (Å²) in [5.41, 5.74) is 1.42. The van der Waals surface area contributed by atoms with Gasteiger partial charge in [-0.15, -0.1) is 0 Å². The number of methoxy groups -OCH3 is 1. The van der Waals surface area contributed by atoms with Crippen LogP contribution in [0, 0.1) is 23.1 Å². The number of aromatic hydroxyl groups is 1. The second-order valence-corrected chi connectivity index (χ2v) is 12.6. The summed E-state index contributed by atoms with van der Waals surface area (Å²) in [5, 5.41) is 23.1. The number of benzene rings is 2. The van der Waals surface area contributed by atoms with Gasteiger partial charge in [0, 0.05) is 36.1 Å². The Kier molecular flexibility index (Phi) is 5.13. The lowest BCUT2D eigenvalue weighted by atomic mass is 9.42. The van der Waals surface area contributed by atoms with Gasteiger partial charge in [0.25, 0.3) is 0 Å². The molecule has 5 aliphatic rings. The zero-order valence-electron chi connectivity index (χ0n) is 22.0. The van der Waals surface area contributed by atoms with Crippen molar-refractivity contribution in [2.75, 3.05) is 20.2 Å². The summed E-state index contributed by atoms with van der Waals surface area (Å²) in [5.74, 6) is 1.57. The van der Waals surface area contributed by atoms with Gasteiger partial charge in [-0.25, -0.2) is 4.39 Å². The van der Waals surface area contributed by atoms with E-state index in [4.69, 9.17) is 9.47 Å². The van der Waals surface area contributed by atoms with E-state index in [-0.39, 0.29) is 29.0 Å². The molecule has 3 aliphatic carbocycles. The average Bonchev–Trinajstić information content (AvgIpc) is 3.65. The maximum absolute atomic E-state index is 13.8. The molecule has 2 aromatic rings. The van der Waals surface area contributed by atoms with Crippen LogP contribution < -0.4 is 4.74 Å². The summed E-state index contributed by atoms with van der Waals surface area (Å²) in [6.45, 7) is 6.42. The number of ether oxygens (including phenoxy) is 2. The Morgan fingerprint density at radius 1 is 1.19 bits per heavy atom. The van der Waals surface area contributed by atoms with Crippen molar-refractivity contribution >= 4 is 0 Å². The zero-order chi connectivity index (χ0) is 25.7. The second kappa shape index (κ2) is 7.93. The van der Waals surface area contributed by atoms with Crippen LogP contribution in [0.2, 0.25) is 0 Å². The molecule has 2 aliphatic heterocycles. The summed E-state index contributed by atoms with van der Waals surface area (Å²) < 4.78 is 27.2. The van der Waals surface area contributed by atoms with Gasteiger partial charge in [0.1, 0.15) is 17.5 Å². The van der Waals surface area contributed by atoms with E-state index in [1.165, 1.54) is 36.1 Å². The van der Waals surface area contributed by atoms with Crippen molar-refractivity contribution in [2.24, 2.45) is 17.3 Å². The molecule has 7 rings (SSSR count). The Morgan fingerprint density at radius 3 is 2.62 bits per heavy atom. The summed E-state index contributed by atoms with van der Waals surface area (Å²) in [6.07, 6.45) is 4.78. The fourth-order valence-electron chi connectivity index (χ4n) is 9.22. The van der Waals surface area contributed by atoms with Crippen LogP contribution in [0.3, 0.4) is 0 Å².